The van der Waals surface area contributed by atoms with Crippen LogP contribution in [0, 0.1) is 24.7 Å². The highest BCUT2D eigenvalue weighted by Gasteiger charge is 2.40. The topological polar surface area (TPSA) is 42.0 Å². The normalized spacial score (nSPS) is 27.4. The Bertz CT molecular complexity index is 693. The van der Waals surface area contributed by atoms with Crippen molar-refractivity contribution in [2.75, 3.05) is 5.32 Å². The molecular weight excluding hydrogens is 280 g/mol. The Hall–Kier alpha value is -1.42. The number of carbonyl (C=O) groups is 1. The second-order valence-electron chi connectivity index (χ2n) is 6.60. The summed E-state index contributed by atoms with van der Waals surface area (Å²) in [7, 11) is 0. The zero-order chi connectivity index (χ0) is 14.4. The van der Waals surface area contributed by atoms with Crippen molar-refractivity contribution < 1.29 is 4.79 Å². The van der Waals surface area contributed by atoms with Gasteiger partial charge in [0, 0.05) is 12.1 Å². The van der Waals surface area contributed by atoms with Crippen molar-refractivity contribution >= 4 is 33.1 Å². The number of anilines is 1. The molecule has 1 heterocycles. The van der Waals surface area contributed by atoms with Gasteiger partial charge in [-0.1, -0.05) is 6.42 Å². The predicted molar refractivity (Wildman–Crippen MR) is 86.5 cm³/mol. The van der Waals surface area contributed by atoms with Crippen LogP contribution in [-0.4, -0.2) is 10.9 Å². The molecule has 1 aromatic heterocycles. The molecule has 0 unspecified atom stereocenters. The van der Waals surface area contributed by atoms with Crippen molar-refractivity contribution in [3.63, 3.8) is 0 Å². The van der Waals surface area contributed by atoms with E-state index < -0.39 is 0 Å². The van der Waals surface area contributed by atoms with Gasteiger partial charge in [-0.25, -0.2) is 4.98 Å². The lowest BCUT2D eigenvalue weighted by Crippen LogP contribution is -2.20. The second-order valence-corrected chi connectivity index (χ2v) is 7.84. The minimum Gasteiger partial charge on any atom is -0.326 e. The van der Waals surface area contributed by atoms with Crippen LogP contribution < -0.4 is 5.32 Å². The van der Waals surface area contributed by atoms with Crippen molar-refractivity contribution in [1.82, 2.24) is 4.98 Å². The van der Waals surface area contributed by atoms with Crippen LogP contribution in [0.4, 0.5) is 5.69 Å². The number of fused-ring (bicyclic) bond motifs is 3. The van der Waals surface area contributed by atoms with Gasteiger partial charge in [-0.2, -0.15) is 0 Å². The number of nitrogens with one attached hydrogen (secondary N) is 1. The molecule has 110 valence electrons. The first-order chi connectivity index (χ1) is 10.2. The van der Waals surface area contributed by atoms with Crippen LogP contribution >= 0.6 is 11.3 Å². The number of benzene rings is 1. The van der Waals surface area contributed by atoms with Crippen molar-refractivity contribution in [1.29, 1.82) is 0 Å². The molecule has 0 aliphatic heterocycles. The lowest BCUT2D eigenvalue weighted by atomic mass is 9.86. The highest BCUT2D eigenvalue weighted by molar-refractivity contribution is 7.18. The third kappa shape index (κ3) is 2.57. The van der Waals surface area contributed by atoms with E-state index in [2.05, 4.69) is 10.3 Å². The molecule has 3 atom stereocenters. The largest absolute Gasteiger partial charge is 0.326 e. The molecule has 0 saturated heterocycles. The average molecular weight is 300 g/mol. The number of hydrogen-bond donors (Lipinski definition) is 1. The number of hydrogen-bond acceptors (Lipinski definition) is 3. The third-order valence-electron chi connectivity index (χ3n) is 5.11. The zero-order valence-electron chi connectivity index (χ0n) is 12.3. The molecule has 4 rings (SSSR count). The van der Waals surface area contributed by atoms with Gasteiger partial charge in [-0.3, -0.25) is 4.79 Å². The Balaban J connectivity index is 1.43. The molecule has 0 spiro atoms. The first-order valence-corrected chi connectivity index (χ1v) is 8.66. The van der Waals surface area contributed by atoms with Gasteiger partial charge in [-0.15, -0.1) is 11.3 Å². The lowest BCUT2D eigenvalue weighted by Gasteiger charge is -2.20. The number of nitrogens with zero attached hydrogens (tertiary/aromatic N) is 1. The minimum atomic E-state index is 0.174. The van der Waals surface area contributed by atoms with E-state index in [1.54, 1.807) is 11.3 Å². The number of rotatable bonds is 3. The summed E-state index contributed by atoms with van der Waals surface area (Å²) in [6.07, 6.45) is 6.06. The van der Waals surface area contributed by atoms with Gasteiger partial charge < -0.3 is 5.32 Å². The van der Waals surface area contributed by atoms with Gasteiger partial charge >= 0.3 is 0 Å². The first kappa shape index (κ1) is 13.3. The summed E-state index contributed by atoms with van der Waals surface area (Å²) >= 11 is 1.67. The number of carbonyl (C=O) groups excluding carboxylic acids is 1. The molecule has 4 heteroatoms. The molecule has 0 radical (unpaired) electrons. The zero-order valence-corrected chi connectivity index (χ0v) is 13.1. The standard InChI is InChI=1S/C17H20N2OS/c1-10-18-15-5-4-14(9-16(15)21-10)19-17(20)8-13-7-11-2-3-12(13)6-11/h4-5,9,11-13H,2-3,6-8H2,1H3,(H,19,20)/t11-,12+,13-/m0/s1. The molecule has 2 bridgehead atoms. The summed E-state index contributed by atoms with van der Waals surface area (Å²) in [6, 6.07) is 5.99. The smallest absolute Gasteiger partial charge is 0.224 e. The SMILES string of the molecule is Cc1nc2ccc(NC(=O)C[C@@H]3C[C@H]4CC[C@@H]3C4)cc2s1. The fourth-order valence-electron chi connectivity index (χ4n) is 4.19. The lowest BCUT2D eigenvalue weighted by molar-refractivity contribution is -0.117. The second kappa shape index (κ2) is 5.09. The predicted octanol–water partition coefficient (Wildman–Crippen LogP) is 4.37. The maximum atomic E-state index is 12.3. The van der Waals surface area contributed by atoms with E-state index in [0.29, 0.717) is 12.3 Å². The summed E-state index contributed by atoms with van der Waals surface area (Å²) < 4.78 is 1.14. The molecule has 2 aliphatic carbocycles. The Labute approximate surface area is 128 Å². The monoisotopic (exact) mass is 300 g/mol. The average Bonchev–Trinajstić information content (AvgIpc) is 3.11. The van der Waals surface area contributed by atoms with Crippen LogP contribution in [0.5, 0.6) is 0 Å². The van der Waals surface area contributed by atoms with Crippen molar-refractivity contribution in [2.24, 2.45) is 17.8 Å². The molecular formula is C17H20N2OS. The van der Waals surface area contributed by atoms with E-state index in [1.165, 1.54) is 25.7 Å². The van der Waals surface area contributed by atoms with Crippen LogP contribution in [0.1, 0.15) is 37.1 Å². The van der Waals surface area contributed by atoms with Crippen molar-refractivity contribution in [2.45, 2.75) is 39.0 Å². The van der Waals surface area contributed by atoms with Crippen LogP contribution in [0.2, 0.25) is 0 Å². The molecule has 1 N–H and O–H groups in total. The summed E-state index contributed by atoms with van der Waals surface area (Å²) in [5, 5.41) is 4.13. The van der Waals surface area contributed by atoms with Crippen molar-refractivity contribution in [3.05, 3.63) is 23.2 Å². The number of thiazole rings is 1. The highest BCUT2D eigenvalue weighted by Crippen LogP contribution is 2.49. The van der Waals surface area contributed by atoms with E-state index in [4.69, 9.17) is 0 Å². The third-order valence-corrected chi connectivity index (χ3v) is 6.04. The summed E-state index contributed by atoms with van der Waals surface area (Å²) in [5.74, 6) is 2.52. The minimum absolute atomic E-state index is 0.174. The van der Waals surface area contributed by atoms with Crippen LogP contribution in [0.3, 0.4) is 0 Å². The Morgan fingerprint density at radius 1 is 1.38 bits per heavy atom. The summed E-state index contributed by atoms with van der Waals surface area (Å²) in [6.45, 7) is 2.01. The van der Waals surface area contributed by atoms with E-state index in [9.17, 15) is 4.79 Å². The van der Waals surface area contributed by atoms with Crippen LogP contribution in [0.25, 0.3) is 10.2 Å². The van der Waals surface area contributed by atoms with Crippen LogP contribution in [-0.2, 0) is 4.79 Å². The van der Waals surface area contributed by atoms with Gasteiger partial charge in [0.05, 0.1) is 15.2 Å². The van der Waals surface area contributed by atoms with Gasteiger partial charge in [0.2, 0.25) is 5.91 Å². The van der Waals surface area contributed by atoms with Gasteiger partial charge in [0.25, 0.3) is 0 Å². The van der Waals surface area contributed by atoms with Gasteiger partial charge in [0.15, 0.2) is 0 Å². The first-order valence-electron chi connectivity index (χ1n) is 7.84. The van der Waals surface area contributed by atoms with Gasteiger partial charge in [-0.05, 0) is 62.1 Å². The molecule has 2 saturated carbocycles. The highest BCUT2D eigenvalue weighted by atomic mass is 32.1. The number of aromatic nitrogens is 1. The Morgan fingerprint density at radius 2 is 2.29 bits per heavy atom. The maximum absolute atomic E-state index is 12.3. The molecule has 21 heavy (non-hydrogen) atoms. The summed E-state index contributed by atoms with van der Waals surface area (Å²) in [5.41, 5.74) is 1.92. The van der Waals surface area contributed by atoms with E-state index in [-0.39, 0.29) is 5.91 Å². The Morgan fingerprint density at radius 3 is 3.05 bits per heavy atom. The fourth-order valence-corrected chi connectivity index (χ4v) is 5.06. The molecule has 1 aromatic carbocycles. The molecule has 2 aliphatic rings. The molecule has 1 amide bonds. The Kier molecular flexibility index (Phi) is 3.21. The van der Waals surface area contributed by atoms with Crippen LogP contribution in [0.15, 0.2) is 18.2 Å². The quantitative estimate of drug-likeness (QED) is 0.914. The van der Waals surface area contributed by atoms with E-state index in [1.807, 2.05) is 25.1 Å². The molecule has 2 fully saturated rings. The van der Waals surface area contributed by atoms with Crippen molar-refractivity contribution in [3.8, 4) is 0 Å². The molecule has 3 nitrogen and oxygen atoms in total. The fraction of sp³-hybridized carbons (Fsp3) is 0.529. The summed E-state index contributed by atoms with van der Waals surface area (Å²) in [4.78, 5) is 16.7. The maximum Gasteiger partial charge on any atom is 0.224 e. The van der Waals surface area contributed by atoms with Gasteiger partial charge in [0.1, 0.15) is 0 Å². The number of aryl methyl sites for hydroxylation is 1. The van der Waals surface area contributed by atoms with E-state index >= 15 is 0 Å². The van der Waals surface area contributed by atoms with E-state index in [0.717, 1.165) is 32.7 Å². The number of amides is 1. The molecule has 2 aromatic rings.